The van der Waals surface area contributed by atoms with Gasteiger partial charge < -0.3 is 25.6 Å². The van der Waals surface area contributed by atoms with Gasteiger partial charge in [0.1, 0.15) is 5.75 Å². The van der Waals surface area contributed by atoms with Crippen LogP contribution in [-0.2, 0) is 25.5 Å². The predicted octanol–water partition coefficient (Wildman–Crippen LogP) is 2.32. The van der Waals surface area contributed by atoms with E-state index in [1.54, 1.807) is 19.1 Å². The Balaban J connectivity index is 2.20. The highest BCUT2D eigenvalue weighted by molar-refractivity contribution is 9.10. The monoisotopic (exact) mass is 506 g/mol. The number of ether oxygens (including phenoxy) is 1. The van der Waals surface area contributed by atoms with Crippen LogP contribution < -0.4 is 10.6 Å². The minimum atomic E-state index is -0.889. The van der Waals surface area contributed by atoms with Gasteiger partial charge in [0.25, 0.3) is 5.91 Å². The quantitative estimate of drug-likeness (QED) is 0.0899. The van der Waals surface area contributed by atoms with Crippen LogP contribution >= 0.6 is 37.5 Å². The normalized spacial score (nSPS) is 11.0. The van der Waals surface area contributed by atoms with Crippen molar-refractivity contribution in [2.45, 2.75) is 13.3 Å². The van der Waals surface area contributed by atoms with Crippen LogP contribution in [-0.4, -0.2) is 59.2 Å². The fourth-order valence-corrected chi connectivity index (χ4v) is 4.22. The number of amides is 2. The third-order valence-electron chi connectivity index (χ3n) is 3.34. The number of rotatable bonds is 11. The van der Waals surface area contributed by atoms with Crippen LogP contribution in [0.5, 0.6) is 5.75 Å². The lowest BCUT2D eigenvalue weighted by Gasteiger charge is -2.09. The number of benzene rings is 1. The summed E-state index contributed by atoms with van der Waals surface area (Å²) in [5, 5.41) is 24.0. The standard InChI is InChI=1S/C18H23BrN2O6S2/c1-2-27-18(26)17(25)21-6-8-29-28-7-5-20-16(24)13(11-22)9-12-3-4-15(23)14(19)10-12/h3-4,10-11,22-23H,2,5-9H2,1H3,(H,20,24)(H,21,25)/b13-11+. The van der Waals surface area contributed by atoms with Crippen molar-refractivity contribution in [1.82, 2.24) is 10.6 Å². The number of esters is 1. The smallest absolute Gasteiger partial charge is 0.396 e. The van der Waals surface area contributed by atoms with Gasteiger partial charge in [0, 0.05) is 31.0 Å². The number of carbonyl (C=O) groups is 3. The van der Waals surface area contributed by atoms with E-state index >= 15 is 0 Å². The number of aliphatic hydroxyl groups excluding tert-OH is 1. The van der Waals surface area contributed by atoms with Crippen LogP contribution in [0, 0.1) is 0 Å². The number of aliphatic hydroxyl groups is 1. The van der Waals surface area contributed by atoms with Gasteiger partial charge in [-0.3, -0.25) is 9.59 Å². The Hall–Kier alpha value is -1.85. The zero-order valence-corrected chi connectivity index (χ0v) is 19.0. The van der Waals surface area contributed by atoms with E-state index < -0.39 is 11.9 Å². The van der Waals surface area contributed by atoms with Crippen LogP contribution in [0.25, 0.3) is 0 Å². The van der Waals surface area contributed by atoms with Crippen molar-refractivity contribution in [3.8, 4) is 5.75 Å². The Morgan fingerprint density at radius 2 is 1.76 bits per heavy atom. The molecular formula is C18H23BrN2O6S2. The van der Waals surface area contributed by atoms with E-state index in [1.165, 1.54) is 27.7 Å². The molecule has 0 saturated carbocycles. The summed E-state index contributed by atoms with van der Waals surface area (Å²) in [5.41, 5.74) is 0.974. The van der Waals surface area contributed by atoms with Crippen LogP contribution in [0.1, 0.15) is 12.5 Å². The zero-order valence-electron chi connectivity index (χ0n) is 15.8. The summed E-state index contributed by atoms with van der Waals surface area (Å²) in [6.45, 7) is 2.52. The van der Waals surface area contributed by atoms with Gasteiger partial charge in [-0.2, -0.15) is 0 Å². The molecule has 2 amide bonds. The van der Waals surface area contributed by atoms with Crippen LogP contribution in [0.2, 0.25) is 0 Å². The zero-order chi connectivity index (χ0) is 21.6. The fourth-order valence-electron chi connectivity index (χ4n) is 1.98. The highest BCUT2D eigenvalue weighted by Gasteiger charge is 2.13. The Kier molecular flexibility index (Phi) is 12.3. The molecule has 0 spiro atoms. The molecule has 29 heavy (non-hydrogen) atoms. The van der Waals surface area contributed by atoms with Gasteiger partial charge in [-0.25, -0.2) is 4.79 Å². The molecule has 0 aromatic heterocycles. The Morgan fingerprint density at radius 3 is 2.31 bits per heavy atom. The predicted molar refractivity (Wildman–Crippen MR) is 118 cm³/mol. The molecule has 8 nitrogen and oxygen atoms in total. The lowest BCUT2D eigenvalue weighted by Crippen LogP contribution is -2.33. The highest BCUT2D eigenvalue weighted by atomic mass is 79.9. The van der Waals surface area contributed by atoms with Crippen molar-refractivity contribution in [1.29, 1.82) is 0 Å². The minimum absolute atomic E-state index is 0.0997. The SMILES string of the molecule is CCOC(=O)C(=O)NCCSSCCNC(=O)/C(=C/O)Cc1ccc(O)c(Br)c1. The lowest BCUT2D eigenvalue weighted by molar-refractivity contribution is -0.154. The second kappa shape index (κ2) is 14.2. The molecule has 0 aliphatic carbocycles. The van der Waals surface area contributed by atoms with Gasteiger partial charge in [0.2, 0.25) is 0 Å². The molecule has 0 saturated heterocycles. The number of nitrogens with one attached hydrogen (secondary N) is 2. The van der Waals surface area contributed by atoms with Crippen LogP contribution in [0.3, 0.4) is 0 Å². The van der Waals surface area contributed by atoms with Crippen LogP contribution in [0.15, 0.2) is 34.5 Å². The Morgan fingerprint density at radius 1 is 1.14 bits per heavy atom. The van der Waals surface area contributed by atoms with Gasteiger partial charge in [-0.05, 0) is 40.5 Å². The molecule has 0 aliphatic heterocycles. The molecular weight excluding hydrogens is 484 g/mol. The molecule has 0 atom stereocenters. The van der Waals surface area contributed by atoms with Gasteiger partial charge in [-0.15, -0.1) is 0 Å². The molecule has 0 bridgehead atoms. The van der Waals surface area contributed by atoms with Crippen molar-refractivity contribution < 1.29 is 29.3 Å². The number of carbonyl (C=O) groups excluding carboxylic acids is 3. The van der Waals surface area contributed by atoms with Crippen LogP contribution in [0.4, 0.5) is 0 Å². The molecule has 4 N–H and O–H groups in total. The fraction of sp³-hybridized carbons (Fsp3) is 0.389. The van der Waals surface area contributed by atoms with E-state index in [2.05, 4.69) is 31.3 Å². The summed E-state index contributed by atoms with van der Waals surface area (Å²) in [7, 11) is 3.01. The first kappa shape index (κ1) is 25.2. The summed E-state index contributed by atoms with van der Waals surface area (Å²) in [6.07, 6.45) is 1.01. The third kappa shape index (κ3) is 9.95. The molecule has 1 aromatic carbocycles. The summed E-state index contributed by atoms with van der Waals surface area (Å²) < 4.78 is 5.09. The maximum Gasteiger partial charge on any atom is 0.396 e. The van der Waals surface area contributed by atoms with Gasteiger partial charge in [-0.1, -0.05) is 27.7 Å². The van der Waals surface area contributed by atoms with Gasteiger partial charge in [0.05, 0.1) is 22.9 Å². The molecule has 0 heterocycles. The number of halogens is 1. The van der Waals surface area contributed by atoms with Crippen molar-refractivity contribution >= 4 is 55.3 Å². The van der Waals surface area contributed by atoms with Crippen molar-refractivity contribution in [2.24, 2.45) is 0 Å². The lowest BCUT2D eigenvalue weighted by atomic mass is 10.1. The first-order valence-corrected chi connectivity index (χ1v) is 11.9. The minimum Gasteiger partial charge on any atom is -0.515 e. The second-order valence-electron chi connectivity index (χ2n) is 5.49. The van der Waals surface area contributed by atoms with E-state index in [-0.39, 0.29) is 30.3 Å². The summed E-state index contributed by atoms with van der Waals surface area (Å²) in [5.74, 6) is -0.687. The highest BCUT2D eigenvalue weighted by Crippen LogP contribution is 2.25. The van der Waals surface area contributed by atoms with Gasteiger partial charge >= 0.3 is 11.9 Å². The van der Waals surface area contributed by atoms with Gasteiger partial charge in [0.15, 0.2) is 0 Å². The van der Waals surface area contributed by atoms with Crippen molar-refractivity contribution in [3.05, 3.63) is 40.1 Å². The molecule has 160 valence electrons. The molecule has 0 fully saturated rings. The number of hydrogen-bond acceptors (Lipinski definition) is 8. The average molecular weight is 507 g/mol. The molecule has 0 radical (unpaired) electrons. The van der Waals surface area contributed by atoms with E-state index in [1.807, 2.05) is 0 Å². The molecule has 1 aromatic rings. The first-order valence-electron chi connectivity index (χ1n) is 8.67. The first-order chi connectivity index (χ1) is 13.9. The largest absolute Gasteiger partial charge is 0.515 e. The molecule has 0 aliphatic rings. The van der Waals surface area contributed by atoms with Crippen molar-refractivity contribution in [2.75, 3.05) is 31.2 Å². The maximum absolute atomic E-state index is 12.1. The van der Waals surface area contributed by atoms with E-state index in [9.17, 15) is 24.6 Å². The Bertz CT molecular complexity index is 745. The second-order valence-corrected chi connectivity index (χ2v) is 9.05. The molecule has 1 rings (SSSR count). The van der Waals surface area contributed by atoms with E-state index in [0.717, 1.165) is 11.8 Å². The topological polar surface area (TPSA) is 125 Å². The van der Waals surface area contributed by atoms with E-state index in [4.69, 9.17) is 0 Å². The Labute approximate surface area is 185 Å². The number of phenolic OH excluding ortho intramolecular Hbond substituents is 1. The summed E-state index contributed by atoms with van der Waals surface area (Å²) in [4.78, 5) is 34.6. The summed E-state index contributed by atoms with van der Waals surface area (Å²) >= 11 is 3.21. The number of aromatic hydroxyl groups is 1. The maximum atomic E-state index is 12.1. The van der Waals surface area contributed by atoms with E-state index in [0.29, 0.717) is 29.1 Å². The third-order valence-corrected chi connectivity index (χ3v) is 6.38. The molecule has 11 heteroatoms. The number of hydrogen-bond donors (Lipinski definition) is 4. The average Bonchev–Trinajstić information content (AvgIpc) is 2.70. The molecule has 0 unspecified atom stereocenters. The number of phenols is 1. The summed E-state index contributed by atoms with van der Waals surface area (Å²) in [6, 6.07) is 4.86. The van der Waals surface area contributed by atoms with Crippen molar-refractivity contribution in [3.63, 3.8) is 0 Å².